The number of rotatable bonds is 4. The van der Waals surface area contributed by atoms with E-state index in [2.05, 4.69) is 5.10 Å². The molecule has 0 saturated carbocycles. The summed E-state index contributed by atoms with van der Waals surface area (Å²) < 4.78 is 1.67. The van der Waals surface area contributed by atoms with Crippen molar-refractivity contribution >= 4 is 17.6 Å². The molecule has 13 heavy (non-hydrogen) atoms. The van der Waals surface area contributed by atoms with Crippen LogP contribution in [0.1, 0.15) is 18.5 Å². The van der Waals surface area contributed by atoms with Crippen LogP contribution < -0.4 is 0 Å². The molecule has 0 aliphatic heterocycles. The maximum atomic E-state index is 10.2. The lowest BCUT2D eigenvalue weighted by Gasteiger charge is -1.97. The molecule has 0 radical (unpaired) electrons. The number of nitrogens with zero attached hydrogens (tertiary/aromatic N) is 2. The highest BCUT2D eigenvalue weighted by Crippen LogP contribution is 2.12. The maximum Gasteiger partial charge on any atom is 0.303 e. The van der Waals surface area contributed by atoms with Crippen molar-refractivity contribution in [2.24, 2.45) is 0 Å². The highest BCUT2D eigenvalue weighted by Gasteiger charge is 2.02. The molecule has 5 heteroatoms. The SMILES string of the molecule is Cc1nn(CCCC(=O)O)cc1Cl. The highest BCUT2D eigenvalue weighted by atomic mass is 35.5. The van der Waals surface area contributed by atoms with E-state index in [4.69, 9.17) is 16.7 Å². The molecule has 0 aromatic carbocycles. The Labute approximate surface area is 81.1 Å². The number of carboxylic acids is 1. The van der Waals surface area contributed by atoms with Crippen LogP contribution in [0.2, 0.25) is 5.02 Å². The molecule has 1 aromatic rings. The van der Waals surface area contributed by atoms with Crippen LogP contribution in [-0.4, -0.2) is 20.9 Å². The standard InChI is InChI=1S/C8H11ClN2O2/c1-6-7(9)5-11(10-6)4-2-3-8(12)13/h5H,2-4H2,1H3,(H,12,13). The van der Waals surface area contributed by atoms with Gasteiger partial charge in [0.25, 0.3) is 0 Å². The van der Waals surface area contributed by atoms with Gasteiger partial charge in [-0.25, -0.2) is 0 Å². The average molecular weight is 203 g/mol. The van der Waals surface area contributed by atoms with E-state index in [9.17, 15) is 4.79 Å². The summed E-state index contributed by atoms with van der Waals surface area (Å²) >= 11 is 5.77. The number of carboxylic acid groups (broad SMARTS) is 1. The van der Waals surface area contributed by atoms with E-state index in [1.807, 2.05) is 6.92 Å². The zero-order valence-corrected chi connectivity index (χ0v) is 8.08. The van der Waals surface area contributed by atoms with Crippen molar-refractivity contribution in [1.29, 1.82) is 0 Å². The smallest absolute Gasteiger partial charge is 0.303 e. The van der Waals surface area contributed by atoms with Crippen molar-refractivity contribution in [1.82, 2.24) is 9.78 Å². The first-order valence-electron chi connectivity index (χ1n) is 4.01. The normalized spacial score (nSPS) is 10.3. The van der Waals surface area contributed by atoms with Gasteiger partial charge >= 0.3 is 5.97 Å². The van der Waals surface area contributed by atoms with E-state index < -0.39 is 5.97 Å². The van der Waals surface area contributed by atoms with E-state index in [0.29, 0.717) is 18.0 Å². The summed E-state index contributed by atoms with van der Waals surface area (Å²) in [6.45, 7) is 2.41. The van der Waals surface area contributed by atoms with Crippen molar-refractivity contribution in [2.75, 3.05) is 0 Å². The van der Waals surface area contributed by atoms with Gasteiger partial charge in [0.2, 0.25) is 0 Å². The molecule has 1 N–H and O–H groups in total. The Bertz CT molecular complexity index is 290. The third kappa shape index (κ3) is 3.06. The van der Waals surface area contributed by atoms with E-state index in [0.717, 1.165) is 5.69 Å². The van der Waals surface area contributed by atoms with Gasteiger partial charge in [-0.05, 0) is 13.3 Å². The second kappa shape index (κ2) is 4.28. The number of aromatic nitrogens is 2. The summed E-state index contributed by atoms with van der Waals surface area (Å²) in [6.07, 6.45) is 2.45. The Hall–Kier alpha value is -1.03. The lowest BCUT2D eigenvalue weighted by molar-refractivity contribution is -0.137. The number of aliphatic carboxylic acids is 1. The lowest BCUT2D eigenvalue weighted by Crippen LogP contribution is -2.02. The minimum atomic E-state index is -0.782. The molecule has 1 rings (SSSR count). The van der Waals surface area contributed by atoms with Crippen LogP contribution in [0.5, 0.6) is 0 Å². The molecule has 4 nitrogen and oxygen atoms in total. The number of aryl methyl sites for hydroxylation is 2. The Morgan fingerprint density at radius 2 is 2.46 bits per heavy atom. The summed E-state index contributed by atoms with van der Waals surface area (Å²) in [7, 11) is 0. The van der Waals surface area contributed by atoms with Crippen LogP contribution in [0.4, 0.5) is 0 Å². The van der Waals surface area contributed by atoms with Gasteiger partial charge < -0.3 is 5.11 Å². The van der Waals surface area contributed by atoms with Crippen molar-refractivity contribution in [3.63, 3.8) is 0 Å². The molecule has 0 fully saturated rings. The number of halogens is 1. The molecular weight excluding hydrogens is 192 g/mol. The number of hydrogen-bond acceptors (Lipinski definition) is 2. The van der Waals surface area contributed by atoms with Crippen LogP contribution in [0, 0.1) is 6.92 Å². The largest absolute Gasteiger partial charge is 0.481 e. The van der Waals surface area contributed by atoms with Crippen LogP contribution >= 0.6 is 11.6 Å². The van der Waals surface area contributed by atoms with Gasteiger partial charge in [-0.15, -0.1) is 0 Å². The summed E-state index contributed by atoms with van der Waals surface area (Å²) in [4.78, 5) is 10.2. The van der Waals surface area contributed by atoms with Gasteiger partial charge in [0.1, 0.15) is 0 Å². The van der Waals surface area contributed by atoms with Gasteiger partial charge in [0.05, 0.1) is 10.7 Å². The van der Waals surface area contributed by atoms with E-state index >= 15 is 0 Å². The molecule has 0 unspecified atom stereocenters. The predicted octanol–water partition coefficient (Wildman–Crippen LogP) is 1.71. The van der Waals surface area contributed by atoms with Crippen LogP contribution in [-0.2, 0) is 11.3 Å². The molecule has 72 valence electrons. The Balaban J connectivity index is 2.41. The summed E-state index contributed by atoms with van der Waals surface area (Å²) in [5.41, 5.74) is 0.775. The van der Waals surface area contributed by atoms with Crippen LogP contribution in [0.3, 0.4) is 0 Å². The van der Waals surface area contributed by atoms with E-state index in [1.165, 1.54) is 0 Å². The van der Waals surface area contributed by atoms with Gasteiger partial charge in [0, 0.05) is 19.2 Å². The van der Waals surface area contributed by atoms with E-state index in [1.54, 1.807) is 10.9 Å². The van der Waals surface area contributed by atoms with Crippen molar-refractivity contribution in [3.05, 3.63) is 16.9 Å². The van der Waals surface area contributed by atoms with E-state index in [-0.39, 0.29) is 6.42 Å². The van der Waals surface area contributed by atoms with Crippen LogP contribution in [0.25, 0.3) is 0 Å². The number of hydrogen-bond donors (Lipinski definition) is 1. The predicted molar refractivity (Wildman–Crippen MR) is 48.8 cm³/mol. The lowest BCUT2D eigenvalue weighted by atomic mass is 10.3. The summed E-state index contributed by atoms with van der Waals surface area (Å²) in [6, 6.07) is 0. The first kappa shape index (κ1) is 10.1. The molecule has 0 aliphatic carbocycles. The third-order valence-electron chi connectivity index (χ3n) is 1.66. The minimum absolute atomic E-state index is 0.163. The molecule has 0 aliphatic rings. The van der Waals surface area contributed by atoms with Crippen molar-refractivity contribution < 1.29 is 9.90 Å². The fourth-order valence-corrected chi connectivity index (χ4v) is 1.15. The molecule has 1 aromatic heterocycles. The topological polar surface area (TPSA) is 55.1 Å². The molecule has 0 saturated heterocycles. The van der Waals surface area contributed by atoms with Gasteiger partial charge in [-0.2, -0.15) is 5.10 Å². The first-order valence-corrected chi connectivity index (χ1v) is 4.38. The highest BCUT2D eigenvalue weighted by molar-refractivity contribution is 6.31. The third-order valence-corrected chi connectivity index (χ3v) is 2.04. The van der Waals surface area contributed by atoms with Crippen molar-refractivity contribution in [3.8, 4) is 0 Å². The fraction of sp³-hybridized carbons (Fsp3) is 0.500. The average Bonchev–Trinajstić information content (AvgIpc) is 2.30. The molecular formula is C8H11ClN2O2. The Morgan fingerprint density at radius 3 is 2.92 bits per heavy atom. The molecule has 0 bridgehead atoms. The number of carbonyl (C=O) groups is 1. The molecule has 0 amide bonds. The zero-order chi connectivity index (χ0) is 9.84. The molecule has 0 spiro atoms. The van der Waals surface area contributed by atoms with Gasteiger partial charge in [0.15, 0.2) is 0 Å². The second-order valence-electron chi connectivity index (χ2n) is 2.82. The van der Waals surface area contributed by atoms with Crippen molar-refractivity contribution in [2.45, 2.75) is 26.3 Å². The monoisotopic (exact) mass is 202 g/mol. The fourth-order valence-electron chi connectivity index (χ4n) is 1.00. The second-order valence-corrected chi connectivity index (χ2v) is 3.23. The van der Waals surface area contributed by atoms with Gasteiger partial charge in [-0.1, -0.05) is 11.6 Å². The molecule has 0 atom stereocenters. The Kier molecular flexibility index (Phi) is 3.31. The first-order chi connectivity index (χ1) is 6.09. The molecule has 1 heterocycles. The summed E-state index contributed by atoms with van der Waals surface area (Å²) in [5, 5.41) is 13.1. The van der Waals surface area contributed by atoms with Gasteiger partial charge in [-0.3, -0.25) is 9.48 Å². The van der Waals surface area contributed by atoms with Crippen LogP contribution in [0.15, 0.2) is 6.20 Å². The Morgan fingerprint density at radius 1 is 1.77 bits per heavy atom. The summed E-state index contributed by atoms with van der Waals surface area (Å²) in [5.74, 6) is -0.782. The zero-order valence-electron chi connectivity index (χ0n) is 7.33. The quantitative estimate of drug-likeness (QED) is 0.809. The maximum absolute atomic E-state index is 10.2. The minimum Gasteiger partial charge on any atom is -0.481 e.